The molecule has 5 nitrogen and oxygen atoms in total. The van der Waals surface area contributed by atoms with Gasteiger partial charge in [0.2, 0.25) is 5.95 Å². The van der Waals surface area contributed by atoms with Gasteiger partial charge >= 0.3 is 0 Å². The molecule has 1 N–H and O–H groups in total. The Hall–Kier alpha value is -1.95. The van der Waals surface area contributed by atoms with Gasteiger partial charge in [-0.1, -0.05) is 12.1 Å². The highest BCUT2D eigenvalue weighted by molar-refractivity contribution is 9.10. The molecule has 21 heavy (non-hydrogen) atoms. The fourth-order valence-electron chi connectivity index (χ4n) is 2.29. The smallest absolute Gasteiger partial charge is 0.274 e. The van der Waals surface area contributed by atoms with Gasteiger partial charge in [0.25, 0.3) is 5.91 Å². The molecule has 3 rings (SSSR count). The van der Waals surface area contributed by atoms with E-state index in [0.717, 1.165) is 36.1 Å². The summed E-state index contributed by atoms with van der Waals surface area (Å²) in [6.45, 7) is 1.91. The summed E-state index contributed by atoms with van der Waals surface area (Å²) in [4.78, 5) is 23.0. The fourth-order valence-corrected chi connectivity index (χ4v) is 2.68. The Bertz CT molecular complexity index is 656. The maximum Gasteiger partial charge on any atom is 0.274 e. The van der Waals surface area contributed by atoms with Crippen molar-refractivity contribution in [2.75, 3.05) is 23.3 Å². The summed E-state index contributed by atoms with van der Waals surface area (Å²) in [5.41, 5.74) is 1.10. The lowest BCUT2D eigenvalue weighted by molar-refractivity contribution is 0.102. The predicted octanol–water partition coefficient (Wildman–Crippen LogP) is 3.09. The number of nitrogens with zero attached hydrogens (tertiary/aromatic N) is 3. The average Bonchev–Trinajstić information content (AvgIpc) is 3.04. The summed E-state index contributed by atoms with van der Waals surface area (Å²) in [5.74, 6) is 0.400. The largest absolute Gasteiger partial charge is 0.341 e. The van der Waals surface area contributed by atoms with Crippen LogP contribution < -0.4 is 10.2 Å². The van der Waals surface area contributed by atoms with Crippen molar-refractivity contribution in [1.82, 2.24) is 9.97 Å². The first kappa shape index (κ1) is 14.0. The van der Waals surface area contributed by atoms with Gasteiger partial charge in [-0.25, -0.2) is 9.97 Å². The highest BCUT2D eigenvalue weighted by Crippen LogP contribution is 2.22. The Labute approximate surface area is 131 Å². The van der Waals surface area contributed by atoms with Gasteiger partial charge in [0.05, 0.1) is 5.69 Å². The van der Waals surface area contributed by atoms with E-state index in [1.165, 1.54) is 0 Å². The van der Waals surface area contributed by atoms with E-state index in [1.54, 1.807) is 12.3 Å². The third kappa shape index (κ3) is 3.21. The molecular formula is C15H15BrN4O. The molecule has 0 bridgehead atoms. The molecule has 0 radical (unpaired) electrons. The van der Waals surface area contributed by atoms with Crippen LogP contribution in [0.2, 0.25) is 0 Å². The molecule has 0 atom stereocenters. The Morgan fingerprint density at radius 1 is 1.19 bits per heavy atom. The van der Waals surface area contributed by atoms with Crippen molar-refractivity contribution in [3.05, 3.63) is 46.7 Å². The van der Waals surface area contributed by atoms with Crippen LogP contribution in [0.3, 0.4) is 0 Å². The zero-order valence-corrected chi connectivity index (χ0v) is 13.0. The van der Waals surface area contributed by atoms with Crippen LogP contribution in [-0.4, -0.2) is 29.0 Å². The van der Waals surface area contributed by atoms with Crippen molar-refractivity contribution in [3.63, 3.8) is 0 Å². The number of halogens is 1. The molecule has 0 spiro atoms. The van der Waals surface area contributed by atoms with Crippen molar-refractivity contribution >= 4 is 33.5 Å². The minimum absolute atomic E-state index is 0.232. The van der Waals surface area contributed by atoms with E-state index in [1.807, 2.05) is 24.3 Å². The number of aromatic nitrogens is 2. The summed E-state index contributed by atoms with van der Waals surface area (Å²) < 4.78 is 0.840. The molecule has 0 aliphatic carbocycles. The van der Waals surface area contributed by atoms with Crippen LogP contribution in [0.25, 0.3) is 0 Å². The highest BCUT2D eigenvalue weighted by Gasteiger charge is 2.17. The second kappa shape index (κ2) is 6.22. The van der Waals surface area contributed by atoms with Crippen molar-refractivity contribution in [2.45, 2.75) is 12.8 Å². The van der Waals surface area contributed by atoms with E-state index < -0.39 is 0 Å². The summed E-state index contributed by atoms with van der Waals surface area (Å²) in [6, 6.07) is 9.12. The molecule has 1 amide bonds. The molecule has 108 valence electrons. The van der Waals surface area contributed by atoms with E-state index in [4.69, 9.17) is 0 Å². The summed E-state index contributed by atoms with van der Waals surface area (Å²) >= 11 is 3.41. The van der Waals surface area contributed by atoms with Gasteiger partial charge in [0.15, 0.2) is 0 Å². The first-order valence-corrected chi connectivity index (χ1v) is 7.67. The average molecular weight is 347 g/mol. The van der Waals surface area contributed by atoms with Gasteiger partial charge in [-0.15, -0.1) is 0 Å². The maximum atomic E-state index is 12.3. The third-order valence-corrected chi connectivity index (χ3v) is 4.08. The minimum atomic E-state index is -0.232. The number of rotatable bonds is 3. The number of carbonyl (C=O) groups is 1. The fraction of sp³-hybridized carbons (Fsp3) is 0.267. The van der Waals surface area contributed by atoms with Crippen molar-refractivity contribution in [1.29, 1.82) is 0 Å². The molecule has 0 unspecified atom stereocenters. The number of hydrogen-bond acceptors (Lipinski definition) is 4. The van der Waals surface area contributed by atoms with E-state index in [0.29, 0.717) is 11.6 Å². The number of para-hydroxylation sites is 1. The number of amides is 1. The quantitative estimate of drug-likeness (QED) is 0.927. The molecule has 2 heterocycles. The molecule has 1 aliphatic heterocycles. The van der Waals surface area contributed by atoms with Gasteiger partial charge in [-0.05, 0) is 47.0 Å². The number of carbonyl (C=O) groups excluding carboxylic acids is 1. The summed E-state index contributed by atoms with van der Waals surface area (Å²) in [6.07, 6.45) is 3.93. The molecule has 1 saturated heterocycles. The number of benzene rings is 1. The van der Waals surface area contributed by atoms with Gasteiger partial charge in [-0.2, -0.15) is 0 Å². The molecule has 1 aromatic heterocycles. The minimum Gasteiger partial charge on any atom is -0.341 e. The van der Waals surface area contributed by atoms with Crippen LogP contribution in [0.15, 0.2) is 41.0 Å². The number of nitrogens with one attached hydrogen (secondary N) is 1. The Morgan fingerprint density at radius 2 is 1.95 bits per heavy atom. The third-order valence-electron chi connectivity index (χ3n) is 3.39. The van der Waals surface area contributed by atoms with Gasteiger partial charge in [-0.3, -0.25) is 4.79 Å². The summed E-state index contributed by atoms with van der Waals surface area (Å²) in [5, 5.41) is 2.85. The van der Waals surface area contributed by atoms with Crippen LogP contribution >= 0.6 is 15.9 Å². The Balaban J connectivity index is 1.78. The standard InChI is InChI=1S/C15H15BrN4O/c16-11-5-1-2-6-12(11)18-14(21)13-7-8-17-15(19-13)20-9-3-4-10-20/h1-2,5-8H,3-4,9-10H2,(H,18,21). The zero-order chi connectivity index (χ0) is 14.7. The van der Waals surface area contributed by atoms with Crippen LogP contribution in [0.4, 0.5) is 11.6 Å². The lowest BCUT2D eigenvalue weighted by atomic mass is 10.3. The van der Waals surface area contributed by atoms with Crippen LogP contribution in [0, 0.1) is 0 Å². The topological polar surface area (TPSA) is 58.1 Å². The molecular weight excluding hydrogens is 332 g/mol. The van der Waals surface area contributed by atoms with E-state index in [-0.39, 0.29) is 5.91 Å². The molecule has 1 aliphatic rings. The Kier molecular flexibility index (Phi) is 4.15. The van der Waals surface area contributed by atoms with Crippen molar-refractivity contribution in [2.24, 2.45) is 0 Å². The second-order valence-electron chi connectivity index (χ2n) is 4.87. The lowest BCUT2D eigenvalue weighted by Crippen LogP contribution is -2.22. The zero-order valence-electron chi connectivity index (χ0n) is 11.4. The van der Waals surface area contributed by atoms with Gasteiger partial charge in [0, 0.05) is 23.8 Å². The lowest BCUT2D eigenvalue weighted by Gasteiger charge is -2.15. The molecule has 0 saturated carbocycles. The number of anilines is 2. The highest BCUT2D eigenvalue weighted by atomic mass is 79.9. The maximum absolute atomic E-state index is 12.3. The molecule has 1 aromatic carbocycles. The van der Waals surface area contributed by atoms with Crippen LogP contribution in [-0.2, 0) is 0 Å². The SMILES string of the molecule is O=C(Nc1ccccc1Br)c1ccnc(N2CCCC2)n1. The first-order valence-electron chi connectivity index (χ1n) is 6.88. The van der Waals surface area contributed by atoms with Crippen molar-refractivity contribution in [3.8, 4) is 0 Å². The second-order valence-corrected chi connectivity index (χ2v) is 5.72. The van der Waals surface area contributed by atoms with Crippen molar-refractivity contribution < 1.29 is 4.79 Å². The normalized spacial score (nSPS) is 14.2. The molecule has 6 heteroatoms. The van der Waals surface area contributed by atoms with E-state index in [9.17, 15) is 4.79 Å². The first-order chi connectivity index (χ1) is 10.2. The Morgan fingerprint density at radius 3 is 2.71 bits per heavy atom. The van der Waals surface area contributed by atoms with Gasteiger partial charge in [0.1, 0.15) is 5.69 Å². The molecule has 2 aromatic rings. The van der Waals surface area contributed by atoms with Crippen LogP contribution in [0.5, 0.6) is 0 Å². The van der Waals surface area contributed by atoms with Gasteiger partial charge < -0.3 is 10.2 Å². The van der Waals surface area contributed by atoms with E-state index in [2.05, 4.69) is 36.1 Å². The van der Waals surface area contributed by atoms with Crippen LogP contribution in [0.1, 0.15) is 23.3 Å². The summed E-state index contributed by atoms with van der Waals surface area (Å²) in [7, 11) is 0. The number of hydrogen-bond donors (Lipinski definition) is 1. The predicted molar refractivity (Wildman–Crippen MR) is 85.6 cm³/mol. The monoisotopic (exact) mass is 346 g/mol. The molecule has 1 fully saturated rings. The van der Waals surface area contributed by atoms with E-state index >= 15 is 0 Å².